The number of hydrogen-bond acceptors (Lipinski definition) is 6. The van der Waals surface area contributed by atoms with Crippen LogP contribution in [0.25, 0.3) is 16.9 Å². The minimum atomic E-state index is -0.428. The van der Waals surface area contributed by atoms with E-state index >= 15 is 0 Å². The van der Waals surface area contributed by atoms with Gasteiger partial charge in [-0.1, -0.05) is 56.9 Å². The lowest BCUT2D eigenvalue weighted by Gasteiger charge is -2.06. The molecule has 1 aliphatic rings. The quantitative estimate of drug-likeness (QED) is 0.173. The molecule has 1 aromatic carbocycles. The van der Waals surface area contributed by atoms with Crippen molar-refractivity contribution >= 4 is 12.2 Å². The molecule has 9 nitrogen and oxygen atoms in total. The van der Waals surface area contributed by atoms with Crippen molar-refractivity contribution in [2.75, 3.05) is 26.1 Å². The molecule has 1 amide bonds. The summed E-state index contributed by atoms with van der Waals surface area (Å²) in [5, 5.41) is 12.2. The third-order valence-corrected chi connectivity index (χ3v) is 5.90. The summed E-state index contributed by atoms with van der Waals surface area (Å²) in [5.74, 6) is 1.61. The van der Waals surface area contributed by atoms with Crippen LogP contribution in [0, 0.1) is 31.6 Å². The smallest absolute Gasteiger partial charge is 0.212 e. The number of carbonyl (C=O) groups is 1. The first-order chi connectivity index (χ1) is 20.3. The first-order valence-corrected chi connectivity index (χ1v) is 13.7. The predicted octanol–water partition coefficient (Wildman–Crippen LogP) is 6.04. The number of pyridine rings is 1. The predicted molar refractivity (Wildman–Crippen MR) is 170 cm³/mol. The molecular formula is C32H46FN7O2. The van der Waals surface area contributed by atoms with Crippen LogP contribution >= 0.6 is 0 Å². The Morgan fingerprint density at radius 2 is 1.71 bits per heavy atom. The summed E-state index contributed by atoms with van der Waals surface area (Å²) in [6.45, 7) is 7.19. The lowest BCUT2D eigenvalue weighted by atomic mass is 10.1. The number of benzene rings is 1. The number of nitrogens with one attached hydrogen (secondary N) is 1. The zero-order chi connectivity index (χ0) is 31.8. The Morgan fingerprint density at radius 1 is 1.14 bits per heavy atom. The first-order valence-electron chi connectivity index (χ1n) is 13.7. The van der Waals surface area contributed by atoms with Gasteiger partial charge in [0.1, 0.15) is 11.5 Å². The summed E-state index contributed by atoms with van der Waals surface area (Å²) in [4.78, 5) is 11.9. The second-order valence-electron chi connectivity index (χ2n) is 8.98. The molecule has 0 spiro atoms. The molecule has 0 aliphatic heterocycles. The molecule has 228 valence electrons. The molecule has 1 fully saturated rings. The molecule has 3 aromatic heterocycles. The van der Waals surface area contributed by atoms with Gasteiger partial charge in [0.25, 0.3) is 0 Å². The zero-order valence-corrected chi connectivity index (χ0v) is 25.7. The number of aromatic nitrogens is 5. The van der Waals surface area contributed by atoms with Crippen molar-refractivity contribution in [3.8, 4) is 29.8 Å². The number of terminal acetylenes is 1. The van der Waals surface area contributed by atoms with Gasteiger partial charge in [-0.2, -0.15) is 14.6 Å². The monoisotopic (exact) mass is 579 g/mol. The maximum Gasteiger partial charge on any atom is 0.212 e. The van der Waals surface area contributed by atoms with E-state index in [1.807, 2.05) is 68.4 Å². The third-order valence-electron chi connectivity index (χ3n) is 5.90. The molecule has 3 N–H and O–H groups in total. The van der Waals surface area contributed by atoms with Crippen molar-refractivity contribution in [2.24, 2.45) is 18.7 Å². The largest absolute Gasteiger partial charge is 0.385 e. The number of anilines is 1. The summed E-state index contributed by atoms with van der Waals surface area (Å²) in [6.07, 6.45) is 19.4. The highest BCUT2D eigenvalue weighted by Crippen LogP contribution is 2.29. The van der Waals surface area contributed by atoms with Gasteiger partial charge in [-0.25, -0.2) is 9.67 Å². The fourth-order valence-electron chi connectivity index (χ4n) is 3.84. The number of ether oxygens (including phenoxy) is 1. The van der Waals surface area contributed by atoms with Crippen molar-refractivity contribution in [1.29, 1.82) is 0 Å². The van der Waals surface area contributed by atoms with E-state index in [2.05, 4.69) is 52.6 Å². The summed E-state index contributed by atoms with van der Waals surface area (Å²) >= 11 is 0. The molecule has 5 rings (SSSR count). The average molecular weight is 580 g/mol. The van der Waals surface area contributed by atoms with Crippen LogP contribution in [0.3, 0.4) is 0 Å². The van der Waals surface area contributed by atoms with Gasteiger partial charge in [0.05, 0.1) is 11.9 Å². The Bertz CT molecular complexity index is 1230. The van der Waals surface area contributed by atoms with E-state index in [4.69, 9.17) is 9.89 Å². The number of amides is 1. The van der Waals surface area contributed by atoms with Crippen LogP contribution in [0.15, 0.2) is 67.1 Å². The average Bonchev–Trinajstić information content (AvgIpc) is 3.76. The van der Waals surface area contributed by atoms with Crippen LogP contribution in [0.1, 0.15) is 45.1 Å². The van der Waals surface area contributed by atoms with Gasteiger partial charge in [0.2, 0.25) is 12.4 Å². The van der Waals surface area contributed by atoms with Gasteiger partial charge < -0.3 is 15.8 Å². The highest BCUT2D eigenvalue weighted by Gasteiger charge is 2.16. The first kappa shape index (κ1) is 37.5. The summed E-state index contributed by atoms with van der Waals surface area (Å²) < 4.78 is 20.1. The number of aryl methyl sites for hydroxylation is 1. The van der Waals surface area contributed by atoms with E-state index in [1.165, 1.54) is 37.9 Å². The Hall–Kier alpha value is -4.49. The highest BCUT2D eigenvalue weighted by atomic mass is 19.1. The number of hydrogen-bond donors (Lipinski definition) is 2. The van der Waals surface area contributed by atoms with Crippen LogP contribution in [0.5, 0.6) is 0 Å². The number of primary amides is 1. The van der Waals surface area contributed by atoms with Crippen molar-refractivity contribution < 1.29 is 13.9 Å². The van der Waals surface area contributed by atoms with E-state index in [0.717, 1.165) is 40.9 Å². The molecule has 4 aromatic rings. The van der Waals surface area contributed by atoms with Crippen molar-refractivity contribution in [1.82, 2.24) is 24.5 Å². The Labute approximate surface area is 250 Å². The number of carbonyl (C=O) groups excluding carboxylic acids is 1. The van der Waals surface area contributed by atoms with Crippen LogP contribution in [0.4, 0.5) is 10.2 Å². The second-order valence-corrected chi connectivity index (χ2v) is 8.98. The van der Waals surface area contributed by atoms with E-state index in [9.17, 15) is 4.39 Å². The number of para-hydroxylation sites is 1. The van der Waals surface area contributed by atoms with Crippen molar-refractivity contribution in [2.45, 2.75) is 46.5 Å². The molecule has 0 atom stereocenters. The Kier molecular flexibility index (Phi) is 20.8. The molecule has 0 bridgehead atoms. The molecule has 0 radical (unpaired) electrons. The van der Waals surface area contributed by atoms with Crippen LogP contribution in [-0.2, 0) is 16.6 Å². The zero-order valence-electron chi connectivity index (χ0n) is 25.7. The number of methoxy groups -OCH3 is 1. The van der Waals surface area contributed by atoms with Gasteiger partial charge in [0, 0.05) is 51.3 Å². The fourth-order valence-corrected chi connectivity index (χ4v) is 3.84. The summed E-state index contributed by atoms with van der Waals surface area (Å²) in [6, 6.07) is 14.7. The van der Waals surface area contributed by atoms with Crippen molar-refractivity contribution in [3.05, 3.63) is 78.6 Å². The number of nitrogens with two attached hydrogens (primary N) is 1. The topological polar surface area (TPSA) is 113 Å². The van der Waals surface area contributed by atoms with Crippen LogP contribution in [0.2, 0.25) is 0 Å². The lowest BCUT2D eigenvalue weighted by Crippen LogP contribution is -2.02. The van der Waals surface area contributed by atoms with E-state index in [-0.39, 0.29) is 6.41 Å². The number of rotatable bonds is 4. The third kappa shape index (κ3) is 14.2. The van der Waals surface area contributed by atoms with Crippen molar-refractivity contribution in [3.63, 3.8) is 0 Å². The molecule has 0 unspecified atom stereocenters. The van der Waals surface area contributed by atoms with Gasteiger partial charge in [-0.05, 0) is 44.0 Å². The van der Waals surface area contributed by atoms with Crippen LogP contribution in [-0.4, -0.2) is 51.7 Å². The van der Waals surface area contributed by atoms with Crippen LogP contribution < -0.4 is 11.1 Å². The highest BCUT2D eigenvalue weighted by molar-refractivity contribution is 5.69. The fraction of sp³-hybridized carbons (Fsp3) is 0.375. The lowest BCUT2D eigenvalue weighted by molar-refractivity contribution is -0.106. The van der Waals surface area contributed by atoms with Gasteiger partial charge in [0.15, 0.2) is 0 Å². The number of nitrogens with zero attached hydrogens (tertiary/aromatic N) is 5. The molecule has 0 saturated heterocycles. The van der Waals surface area contributed by atoms with Gasteiger partial charge in [-0.15, -0.1) is 12.8 Å². The van der Waals surface area contributed by atoms with E-state index in [0.29, 0.717) is 0 Å². The standard InChI is InChI=1S/C15H17N5.C6H12.C5H4FN.C3H8O.C2H2.CH3NO/c1-11-14(12-9-17-19(3)10-12)18-20(15(11)16-2)13-7-5-4-6-8-13;1-6-4-2-3-5-6;6-5-3-1-2-4-7-5;1-3-4-2;1-2;2-1-3/h4-10,16H,1-3H3;6H,2-5H2,1H3;1-4H;3H2,1-2H3;1-2H;1H,(H2,2,3). The number of halogens is 1. The Balaban J connectivity index is 0.000000624. The summed E-state index contributed by atoms with van der Waals surface area (Å²) in [7, 11) is 5.50. The minimum absolute atomic E-state index is 0.250. The van der Waals surface area contributed by atoms with Gasteiger partial charge >= 0.3 is 0 Å². The van der Waals surface area contributed by atoms with E-state index in [1.54, 1.807) is 23.9 Å². The maximum atomic E-state index is 11.8. The molecule has 42 heavy (non-hydrogen) atoms. The second kappa shape index (κ2) is 23.2. The Morgan fingerprint density at radius 3 is 2.07 bits per heavy atom. The summed E-state index contributed by atoms with van der Waals surface area (Å²) in [5.41, 5.74) is 8.29. The molecular weight excluding hydrogens is 533 g/mol. The SMILES string of the molecule is C#C.CC1CCCC1.CCOC.CNc1c(C)c(-c2cnn(C)c2)nn1-c1ccccc1.Fc1ccccn1.NC=O. The normalized spacial score (nSPS) is 11.3. The minimum Gasteiger partial charge on any atom is -0.385 e. The van der Waals surface area contributed by atoms with E-state index < -0.39 is 5.95 Å². The van der Waals surface area contributed by atoms with Gasteiger partial charge in [-0.3, -0.25) is 9.48 Å². The molecule has 10 heteroatoms. The molecule has 3 heterocycles. The maximum absolute atomic E-state index is 11.8. The molecule has 1 saturated carbocycles. The molecule has 1 aliphatic carbocycles.